The molecule has 0 heterocycles. The Morgan fingerprint density at radius 1 is 1.29 bits per heavy atom. The molecule has 0 unspecified atom stereocenters. The first-order valence-corrected chi connectivity index (χ1v) is 6.52. The van der Waals surface area contributed by atoms with Gasteiger partial charge >= 0.3 is 5.97 Å². The minimum Gasteiger partial charge on any atom is -0.466 e. The molecule has 0 aromatic heterocycles. The number of hydrogen-bond donors (Lipinski definition) is 0. The summed E-state index contributed by atoms with van der Waals surface area (Å²) in [5, 5.41) is 0. The molecule has 0 saturated carbocycles. The zero-order valence-corrected chi connectivity index (χ0v) is 11.3. The average molecular weight is 243 g/mol. The first-order chi connectivity index (χ1) is 8.19. The smallest absolute Gasteiger partial charge is 0.309 e. The molecule has 0 aromatic carbocycles. The predicted molar refractivity (Wildman–Crippen MR) is 67.8 cm³/mol. The maximum absolute atomic E-state index is 11.6. The monoisotopic (exact) mass is 243 g/mol. The minimum absolute atomic E-state index is 0.237. The number of hydrogen-bond acceptors (Lipinski definition) is 4. The summed E-state index contributed by atoms with van der Waals surface area (Å²) >= 11 is 0. The van der Waals surface area contributed by atoms with Crippen molar-refractivity contribution in [3.8, 4) is 0 Å². The van der Waals surface area contributed by atoms with Gasteiger partial charge in [0.2, 0.25) is 0 Å². The van der Waals surface area contributed by atoms with E-state index >= 15 is 0 Å². The molecule has 0 fully saturated rings. The van der Waals surface area contributed by atoms with E-state index in [1.807, 2.05) is 0 Å². The van der Waals surface area contributed by atoms with E-state index in [0.717, 1.165) is 38.8 Å². The van der Waals surface area contributed by atoms with Gasteiger partial charge in [-0.2, -0.15) is 0 Å². The number of ether oxygens (including phenoxy) is 1. The molecule has 0 amide bonds. The standard InChI is InChI=1S/C13H25NO3/c1-4-14(5-2)10-7-8-12(9-11-15)13(16)17-6-3/h11-12H,4-10H2,1-3H3/t12-/m1/s1. The molecule has 0 aliphatic carbocycles. The van der Waals surface area contributed by atoms with Crippen molar-refractivity contribution >= 4 is 12.3 Å². The van der Waals surface area contributed by atoms with Crippen LogP contribution in [-0.2, 0) is 14.3 Å². The van der Waals surface area contributed by atoms with Crippen molar-refractivity contribution in [2.24, 2.45) is 5.92 Å². The molecular weight excluding hydrogens is 218 g/mol. The maximum Gasteiger partial charge on any atom is 0.309 e. The fraction of sp³-hybridized carbons (Fsp3) is 0.846. The van der Waals surface area contributed by atoms with Gasteiger partial charge in [0.05, 0.1) is 12.5 Å². The number of rotatable bonds is 10. The summed E-state index contributed by atoms with van der Waals surface area (Å²) in [4.78, 5) is 24.4. The summed E-state index contributed by atoms with van der Waals surface area (Å²) in [6, 6.07) is 0. The van der Waals surface area contributed by atoms with E-state index in [0.29, 0.717) is 6.61 Å². The Kier molecular flexibility index (Phi) is 9.72. The van der Waals surface area contributed by atoms with Crippen molar-refractivity contribution < 1.29 is 14.3 Å². The summed E-state index contributed by atoms with van der Waals surface area (Å²) in [6.45, 7) is 9.43. The lowest BCUT2D eigenvalue weighted by Crippen LogP contribution is -2.25. The van der Waals surface area contributed by atoms with E-state index in [1.165, 1.54) is 0 Å². The number of carbonyl (C=O) groups excluding carboxylic acids is 2. The molecule has 0 bridgehead atoms. The van der Waals surface area contributed by atoms with Crippen LogP contribution in [-0.4, -0.2) is 43.4 Å². The van der Waals surface area contributed by atoms with Crippen molar-refractivity contribution in [1.29, 1.82) is 0 Å². The lowest BCUT2D eigenvalue weighted by atomic mass is 10.00. The molecule has 0 N–H and O–H groups in total. The predicted octanol–water partition coefficient (Wildman–Crippen LogP) is 1.88. The molecule has 0 saturated heterocycles. The van der Waals surface area contributed by atoms with Gasteiger partial charge in [0.15, 0.2) is 0 Å². The molecule has 0 aliphatic rings. The quantitative estimate of drug-likeness (QED) is 0.434. The van der Waals surface area contributed by atoms with Crippen LogP contribution in [0.1, 0.15) is 40.0 Å². The van der Waals surface area contributed by atoms with Gasteiger partial charge < -0.3 is 14.4 Å². The average Bonchev–Trinajstić information content (AvgIpc) is 2.33. The van der Waals surface area contributed by atoms with Crippen LogP contribution in [0.4, 0.5) is 0 Å². The fourth-order valence-corrected chi connectivity index (χ4v) is 1.81. The van der Waals surface area contributed by atoms with Crippen LogP contribution < -0.4 is 0 Å². The van der Waals surface area contributed by atoms with Crippen molar-refractivity contribution in [2.75, 3.05) is 26.2 Å². The fourth-order valence-electron chi connectivity index (χ4n) is 1.81. The summed E-state index contributed by atoms with van der Waals surface area (Å²) in [6.07, 6.45) is 2.74. The molecular formula is C13H25NO3. The second-order valence-electron chi connectivity index (χ2n) is 4.02. The number of aldehydes is 1. The molecule has 17 heavy (non-hydrogen) atoms. The van der Waals surface area contributed by atoms with Crippen LogP contribution in [0.3, 0.4) is 0 Å². The third-order valence-electron chi connectivity index (χ3n) is 2.92. The number of esters is 1. The lowest BCUT2D eigenvalue weighted by molar-refractivity contribution is -0.149. The van der Waals surface area contributed by atoms with Gasteiger partial charge in [-0.25, -0.2) is 0 Å². The Balaban J connectivity index is 3.99. The lowest BCUT2D eigenvalue weighted by Gasteiger charge is -2.19. The second kappa shape index (κ2) is 10.3. The normalized spacial score (nSPS) is 12.5. The highest BCUT2D eigenvalue weighted by Gasteiger charge is 2.18. The molecule has 4 nitrogen and oxygen atoms in total. The topological polar surface area (TPSA) is 46.6 Å². The first-order valence-electron chi connectivity index (χ1n) is 6.52. The summed E-state index contributed by atoms with van der Waals surface area (Å²) < 4.78 is 4.96. The van der Waals surface area contributed by atoms with Gasteiger partial charge in [-0.3, -0.25) is 4.79 Å². The third-order valence-corrected chi connectivity index (χ3v) is 2.92. The van der Waals surface area contributed by atoms with Crippen LogP contribution in [0.25, 0.3) is 0 Å². The van der Waals surface area contributed by atoms with Crippen LogP contribution in [0.15, 0.2) is 0 Å². The van der Waals surface area contributed by atoms with Crippen LogP contribution in [0.5, 0.6) is 0 Å². The van der Waals surface area contributed by atoms with E-state index < -0.39 is 0 Å². The van der Waals surface area contributed by atoms with E-state index in [9.17, 15) is 9.59 Å². The SMILES string of the molecule is CCOC(=O)[C@@H](CC=O)CCCN(CC)CC. The maximum atomic E-state index is 11.6. The molecule has 0 radical (unpaired) electrons. The van der Waals surface area contributed by atoms with Crippen LogP contribution in [0.2, 0.25) is 0 Å². The zero-order chi connectivity index (χ0) is 13.1. The summed E-state index contributed by atoms with van der Waals surface area (Å²) in [7, 11) is 0. The molecule has 100 valence electrons. The largest absolute Gasteiger partial charge is 0.466 e. The van der Waals surface area contributed by atoms with E-state index in [2.05, 4.69) is 18.7 Å². The minimum atomic E-state index is -0.261. The van der Waals surface area contributed by atoms with Crippen LogP contribution in [0, 0.1) is 5.92 Å². The Hall–Kier alpha value is -0.900. The van der Waals surface area contributed by atoms with Crippen LogP contribution >= 0.6 is 0 Å². The van der Waals surface area contributed by atoms with Crippen molar-refractivity contribution in [1.82, 2.24) is 4.90 Å². The van der Waals surface area contributed by atoms with Crippen molar-refractivity contribution in [3.05, 3.63) is 0 Å². The highest BCUT2D eigenvalue weighted by molar-refractivity contribution is 5.75. The Bertz CT molecular complexity index is 215. The molecule has 0 rings (SSSR count). The van der Waals surface area contributed by atoms with E-state index in [-0.39, 0.29) is 18.3 Å². The highest BCUT2D eigenvalue weighted by atomic mass is 16.5. The number of nitrogens with zero attached hydrogens (tertiary/aromatic N) is 1. The van der Waals surface area contributed by atoms with Gasteiger partial charge in [-0.15, -0.1) is 0 Å². The summed E-state index contributed by atoms with van der Waals surface area (Å²) in [5.74, 6) is -0.498. The second-order valence-corrected chi connectivity index (χ2v) is 4.02. The highest BCUT2D eigenvalue weighted by Crippen LogP contribution is 2.12. The van der Waals surface area contributed by atoms with Gasteiger partial charge in [-0.05, 0) is 39.4 Å². The van der Waals surface area contributed by atoms with E-state index in [4.69, 9.17) is 4.74 Å². The van der Waals surface area contributed by atoms with Gasteiger partial charge in [0.1, 0.15) is 6.29 Å². The Morgan fingerprint density at radius 2 is 1.94 bits per heavy atom. The molecule has 1 atom stereocenters. The van der Waals surface area contributed by atoms with Crippen molar-refractivity contribution in [2.45, 2.75) is 40.0 Å². The van der Waals surface area contributed by atoms with Crippen molar-refractivity contribution in [3.63, 3.8) is 0 Å². The van der Waals surface area contributed by atoms with Gasteiger partial charge in [0, 0.05) is 6.42 Å². The zero-order valence-electron chi connectivity index (χ0n) is 11.3. The third kappa shape index (κ3) is 7.10. The van der Waals surface area contributed by atoms with Gasteiger partial charge in [0.25, 0.3) is 0 Å². The van der Waals surface area contributed by atoms with Gasteiger partial charge in [-0.1, -0.05) is 13.8 Å². The molecule has 4 heteroatoms. The molecule has 0 aliphatic heterocycles. The summed E-state index contributed by atoms with van der Waals surface area (Å²) in [5.41, 5.74) is 0. The van der Waals surface area contributed by atoms with E-state index in [1.54, 1.807) is 6.92 Å². The molecule has 0 spiro atoms. The number of carbonyl (C=O) groups is 2. The molecule has 0 aromatic rings. The Morgan fingerprint density at radius 3 is 2.41 bits per heavy atom. The Labute approximate surface area is 104 Å². The first kappa shape index (κ1) is 16.1.